The fourth-order valence-corrected chi connectivity index (χ4v) is 2.76. The summed E-state index contributed by atoms with van der Waals surface area (Å²) in [4.78, 5) is 22.8. The molecule has 2 N–H and O–H groups in total. The zero-order chi connectivity index (χ0) is 15.8. The molecular weight excluding hydrogens is 282 g/mol. The number of carboxylic acid groups (broad SMARTS) is 1. The van der Waals surface area contributed by atoms with Crippen molar-refractivity contribution in [2.24, 2.45) is 5.92 Å². The molecule has 1 aromatic rings. The number of carbonyl (C=O) groups excluding carboxylic acids is 1. The summed E-state index contributed by atoms with van der Waals surface area (Å²) in [6.45, 7) is 1.20. The first-order chi connectivity index (χ1) is 10.7. The van der Waals surface area contributed by atoms with E-state index in [4.69, 9.17) is 9.84 Å². The van der Waals surface area contributed by atoms with Gasteiger partial charge in [0.25, 0.3) is 0 Å². The van der Waals surface area contributed by atoms with Gasteiger partial charge in [0.15, 0.2) is 0 Å². The van der Waals surface area contributed by atoms with Crippen LogP contribution in [0.3, 0.4) is 0 Å². The molecule has 22 heavy (non-hydrogen) atoms. The van der Waals surface area contributed by atoms with Crippen LogP contribution in [0, 0.1) is 5.92 Å². The SMILES string of the molecule is O=C(O)CCCCNC(=O)C1CCCOC1c1ccccc1. The molecule has 0 bridgehead atoms. The number of aliphatic carboxylic acids is 1. The van der Waals surface area contributed by atoms with E-state index in [1.165, 1.54) is 0 Å². The first-order valence-electron chi connectivity index (χ1n) is 7.84. The molecule has 5 nitrogen and oxygen atoms in total. The summed E-state index contributed by atoms with van der Waals surface area (Å²) in [6.07, 6.45) is 2.94. The molecule has 2 unspecified atom stereocenters. The van der Waals surface area contributed by atoms with E-state index in [-0.39, 0.29) is 24.3 Å². The van der Waals surface area contributed by atoms with E-state index in [1.807, 2.05) is 30.3 Å². The quantitative estimate of drug-likeness (QED) is 0.759. The highest BCUT2D eigenvalue weighted by Crippen LogP contribution is 2.33. The molecule has 0 aliphatic carbocycles. The molecule has 5 heteroatoms. The Hall–Kier alpha value is -1.88. The Labute approximate surface area is 130 Å². The Bertz CT molecular complexity index is 489. The predicted molar refractivity (Wildman–Crippen MR) is 82.4 cm³/mol. The lowest BCUT2D eigenvalue weighted by Crippen LogP contribution is -2.38. The molecule has 0 radical (unpaired) electrons. The molecule has 2 atom stereocenters. The van der Waals surface area contributed by atoms with Crippen molar-refractivity contribution in [1.82, 2.24) is 5.32 Å². The summed E-state index contributed by atoms with van der Waals surface area (Å²) in [5.41, 5.74) is 1.04. The standard InChI is InChI=1S/C17H23NO4/c19-15(20)10-4-5-11-18-17(21)14-9-6-12-22-16(14)13-7-2-1-3-8-13/h1-3,7-8,14,16H,4-6,9-12H2,(H,18,21)(H,19,20). The van der Waals surface area contributed by atoms with Gasteiger partial charge in [0.1, 0.15) is 0 Å². The third kappa shape index (κ3) is 4.84. The predicted octanol–water partition coefficient (Wildman–Crippen LogP) is 2.53. The van der Waals surface area contributed by atoms with Gasteiger partial charge in [-0.25, -0.2) is 0 Å². The summed E-state index contributed by atoms with van der Waals surface area (Å²) in [7, 11) is 0. The van der Waals surface area contributed by atoms with Gasteiger partial charge in [-0.2, -0.15) is 0 Å². The van der Waals surface area contributed by atoms with E-state index in [0.29, 0.717) is 26.0 Å². The number of carboxylic acids is 1. The lowest BCUT2D eigenvalue weighted by atomic mass is 9.88. The van der Waals surface area contributed by atoms with Gasteiger partial charge in [0, 0.05) is 19.6 Å². The van der Waals surface area contributed by atoms with Gasteiger partial charge in [-0.15, -0.1) is 0 Å². The van der Waals surface area contributed by atoms with Crippen LogP contribution in [-0.2, 0) is 14.3 Å². The number of hydrogen-bond donors (Lipinski definition) is 2. The van der Waals surface area contributed by atoms with Crippen molar-refractivity contribution >= 4 is 11.9 Å². The number of nitrogens with one attached hydrogen (secondary N) is 1. The van der Waals surface area contributed by atoms with Crippen LogP contribution in [0.25, 0.3) is 0 Å². The minimum absolute atomic E-state index is 0.00359. The molecule has 2 rings (SSSR count). The summed E-state index contributed by atoms with van der Waals surface area (Å²) in [5, 5.41) is 11.5. The van der Waals surface area contributed by atoms with Crippen LogP contribution in [0.2, 0.25) is 0 Å². The smallest absolute Gasteiger partial charge is 0.303 e. The number of benzene rings is 1. The van der Waals surface area contributed by atoms with Gasteiger partial charge in [-0.05, 0) is 31.2 Å². The minimum Gasteiger partial charge on any atom is -0.481 e. The molecule has 0 spiro atoms. The lowest BCUT2D eigenvalue weighted by molar-refractivity contribution is -0.137. The van der Waals surface area contributed by atoms with E-state index < -0.39 is 5.97 Å². The zero-order valence-electron chi connectivity index (χ0n) is 12.7. The second kappa shape index (κ2) is 8.54. The first kappa shape index (κ1) is 16.5. The minimum atomic E-state index is -0.795. The lowest BCUT2D eigenvalue weighted by Gasteiger charge is -2.31. The molecule has 0 aromatic heterocycles. The van der Waals surface area contributed by atoms with Crippen molar-refractivity contribution in [1.29, 1.82) is 0 Å². The van der Waals surface area contributed by atoms with Crippen LogP contribution in [0.4, 0.5) is 0 Å². The van der Waals surface area contributed by atoms with Crippen LogP contribution in [0.15, 0.2) is 30.3 Å². The van der Waals surface area contributed by atoms with Crippen molar-refractivity contribution in [3.63, 3.8) is 0 Å². The monoisotopic (exact) mass is 305 g/mol. The first-order valence-corrected chi connectivity index (χ1v) is 7.84. The van der Waals surface area contributed by atoms with Crippen molar-refractivity contribution in [3.05, 3.63) is 35.9 Å². The van der Waals surface area contributed by atoms with Gasteiger partial charge in [0.2, 0.25) is 5.91 Å². The maximum Gasteiger partial charge on any atom is 0.303 e. The number of carbonyl (C=O) groups is 2. The zero-order valence-corrected chi connectivity index (χ0v) is 12.7. The van der Waals surface area contributed by atoms with Gasteiger partial charge in [0.05, 0.1) is 12.0 Å². The van der Waals surface area contributed by atoms with Crippen LogP contribution in [0.5, 0.6) is 0 Å². The van der Waals surface area contributed by atoms with E-state index in [9.17, 15) is 9.59 Å². The average molecular weight is 305 g/mol. The molecule has 1 aliphatic rings. The Morgan fingerprint density at radius 2 is 2.00 bits per heavy atom. The highest BCUT2D eigenvalue weighted by Gasteiger charge is 2.32. The molecular formula is C17H23NO4. The number of unbranched alkanes of at least 4 members (excludes halogenated alkanes) is 1. The molecule has 1 fully saturated rings. The van der Waals surface area contributed by atoms with Crippen LogP contribution >= 0.6 is 0 Å². The molecule has 1 aliphatic heterocycles. The number of amides is 1. The summed E-state index contributed by atoms with van der Waals surface area (Å²) in [5.74, 6) is -0.962. The Kier molecular flexibility index (Phi) is 6.40. The summed E-state index contributed by atoms with van der Waals surface area (Å²) in [6, 6.07) is 9.83. The van der Waals surface area contributed by atoms with Crippen molar-refractivity contribution in [2.75, 3.05) is 13.2 Å². The van der Waals surface area contributed by atoms with E-state index >= 15 is 0 Å². The highest BCUT2D eigenvalue weighted by atomic mass is 16.5. The molecule has 1 heterocycles. The number of rotatable bonds is 7. The Balaban J connectivity index is 1.85. The van der Waals surface area contributed by atoms with Gasteiger partial charge < -0.3 is 15.2 Å². The summed E-state index contributed by atoms with van der Waals surface area (Å²) >= 11 is 0. The highest BCUT2D eigenvalue weighted by molar-refractivity contribution is 5.79. The van der Waals surface area contributed by atoms with E-state index in [2.05, 4.69) is 5.32 Å². The van der Waals surface area contributed by atoms with Crippen molar-refractivity contribution < 1.29 is 19.4 Å². The van der Waals surface area contributed by atoms with Gasteiger partial charge >= 0.3 is 5.97 Å². The molecule has 1 aromatic carbocycles. The Morgan fingerprint density at radius 3 is 2.73 bits per heavy atom. The maximum absolute atomic E-state index is 12.4. The van der Waals surface area contributed by atoms with Crippen LogP contribution < -0.4 is 5.32 Å². The normalized spacial score (nSPS) is 21.3. The third-order valence-corrected chi connectivity index (χ3v) is 3.90. The third-order valence-electron chi connectivity index (χ3n) is 3.90. The largest absolute Gasteiger partial charge is 0.481 e. The van der Waals surface area contributed by atoms with Gasteiger partial charge in [-0.3, -0.25) is 9.59 Å². The van der Waals surface area contributed by atoms with E-state index in [0.717, 1.165) is 18.4 Å². The number of hydrogen-bond acceptors (Lipinski definition) is 3. The molecule has 1 amide bonds. The Morgan fingerprint density at radius 1 is 1.23 bits per heavy atom. The fourth-order valence-electron chi connectivity index (χ4n) is 2.76. The van der Waals surface area contributed by atoms with E-state index in [1.54, 1.807) is 0 Å². The average Bonchev–Trinajstić information content (AvgIpc) is 2.55. The topological polar surface area (TPSA) is 75.6 Å². The van der Waals surface area contributed by atoms with Crippen molar-refractivity contribution in [3.8, 4) is 0 Å². The number of ether oxygens (including phenoxy) is 1. The molecule has 1 saturated heterocycles. The van der Waals surface area contributed by atoms with Crippen molar-refractivity contribution in [2.45, 2.75) is 38.2 Å². The summed E-state index contributed by atoms with van der Waals surface area (Å²) < 4.78 is 5.82. The second-order valence-electron chi connectivity index (χ2n) is 5.59. The molecule has 0 saturated carbocycles. The van der Waals surface area contributed by atoms with Crippen LogP contribution in [-0.4, -0.2) is 30.1 Å². The fraction of sp³-hybridized carbons (Fsp3) is 0.529. The maximum atomic E-state index is 12.4. The molecule has 120 valence electrons. The van der Waals surface area contributed by atoms with Gasteiger partial charge in [-0.1, -0.05) is 30.3 Å². The van der Waals surface area contributed by atoms with Crippen LogP contribution in [0.1, 0.15) is 43.8 Å². The second-order valence-corrected chi connectivity index (χ2v) is 5.59.